The first-order valence-corrected chi connectivity index (χ1v) is 9.92. The average Bonchev–Trinajstić information content (AvgIpc) is 2.58. The third kappa shape index (κ3) is 5.16. The summed E-state index contributed by atoms with van der Waals surface area (Å²) in [5.41, 5.74) is 0.503. The van der Waals surface area contributed by atoms with E-state index in [2.05, 4.69) is 4.90 Å². The van der Waals surface area contributed by atoms with Gasteiger partial charge in [0.05, 0.1) is 0 Å². The van der Waals surface area contributed by atoms with Crippen molar-refractivity contribution in [1.29, 1.82) is 0 Å². The van der Waals surface area contributed by atoms with Gasteiger partial charge in [0.25, 0.3) is 0 Å². The Balaban J connectivity index is 1.40. The maximum absolute atomic E-state index is 12.3. The van der Waals surface area contributed by atoms with Gasteiger partial charge in [-0.05, 0) is 33.3 Å². The Labute approximate surface area is 167 Å². The molecule has 0 unspecified atom stereocenters. The van der Waals surface area contributed by atoms with Gasteiger partial charge in [0.2, 0.25) is 0 Å². The summed E-state index contributed by atoms with van der Waals surface area (Å²) < 4.78 is 10.9. The second-order valence-electron chi connectivity index (χ2n) is 8.62. The highest BCUT2D eigenvalue weighted by Crippen LogP contribution is 2.22. The number of likely N-dealkylation sites (tertiary alicyclic amines) is 1. The first kappa shape index (κ1) is 20.5. The summed E-state index contributed by atoms with van der Waals surface area (Å²) in [5, 5.41) is 0. The minimum Gasteiger partial charge on any atom is -0.445 e. The average molecular weight is 389 g/mol. The van der Waals surface area contributed by atoms with Crippen molar-refractivity contribution in [2.24, 2.45) is 0 Å². The van der Waals surface area contributed by atoms with Crippen molar-refractivity contribution in [3.05, 3.63) is 35.9 Å². The van der Waals surface area contributed by atoms with Gasteiger partial charge in [0, 0.05) is 44.8 Å². The number of piperazine rings is 1. The molecular formula is C21H31N3O4. The molecule has 2 aliphatic rings. The molecule has 1 aromatic rings. The van der Waals surface area contributed by atoms with Crippen LogP contribution in [0.3, 0.4) is 0 Å². The molecule has 2 aliphatic heterocycles. The molecule has 0 spiro atoms. The fourth-order valence-electron chi connectivity index (χ4n) is 3.56. The summed E-state index contributed by atoms with van der Waals surface area (Å²) in [7, 11) is 0. The summed E-state index contributed by atoms with van der Waals surface area (Å²) in [5.74, 6) is 0. The van der Waals surface area contributed by atoms with Crippen molar-refractivity contribution in [2.45, 2.75) is 52.0 Å². The van der Waals surface area contributed by atoms with E-state index in [0.29, 0.717) is 32.3 Å². The zero-order valence-corrected chi connectivity index (χ0v) is 17.3. The highest BCUT2D eigenvalue weighted by molar-refractivity contribution is 5.69. The lowest BCUT2D eigenvalue weighted by molar-refractivity contribution is -0.0275. The van der Waals surface area contributed by atoms with Crippen molar-refractivity contribution in [3.8, 4) is 0 Å². The van der Waals surface area contributed by atoms with E-state index >= 15 is 0 Å². The van der Waals surface area contributed by atoms with Crippen molar-refractivity contribution in [1.82, 2.24) is 14.7 Å². The topological polar surface area (TPSA) is 62.3 Å². The number of nitrogens with zero attached hydrogens (tertiary/aromatic N) is 3. The van der Waals surface area contributed by atoms with Gasteiger partial charge < -0.3 is 19.3 Å². The molecule has 0 aromatic heterocycles. The van der Waals surface area contributed by atoms with Gasteiger partial charge >= 0.3 is 12.2 Å². The van der Waals surface area contributed by atoms with E-state index in [1.807, 2.05) is 58.0 Å². The highest BCUT2D eigenvalue weighted by atomic mass is 16.6. The zero-order chi connectivity index (χ0) is 20.3. The van der Waals surface area contributed by atoms with Crippen molar-refractivity contribution in [2.75, 3.05) is 32.7 Å². The Morgan fingerprint density at radius 3 is 2.32 bits per heavy atom. The number of ether oxygens (including phenoxy) is 2. The lowest BCUT2D eigenvalue weighted by Crippen LogP contribution is -2.66. The van der Waals surface area contributed by atoms with Gasteiger partial charge in [-0.2, -0.15) is 0 Å². The molecule has 2 saturated heterocycles. The van der Waals surface area contributed by atoms with Crippen LogP contribution in [0, 0.1) is 0 Å². The molecule has 2 fully saturated rings. The van der Waals surface area contributed by atoms with Crippen LogP contribution in [-0.2, 0) is 16.1 Å². The molecule has 3 rings (SSSR count). The van der Waals surface area contributed by atoms with Crippen LogP contribution < -0.4 is 0 Å². The fraction of sp³-hybridized carbons (Fsp3) is 0.619. The third-order valence-corrected chi connectivity index (χ3v) is 5.13. The van der Waals surface area contributed by atoms with Crippen LogP contribution in [0.5, 0.6) is 0 Å². The molecule has 2 amide bonds. The van der Waals surface area contributed by atoms with E-state index < -0.39 is 5.60 Å². The minimum atomic E-state index is -0.484. The van der Waals surface area contributed by atoms with Crippen LogP contribution in [0.15, 0.2) is 30.3 Å². The SMILES string of the molecule is C[C@H]1CN(C2CN(C(=O)OCc3ccccc3)C2)CCN1C(=O)OC(C)(C)C. The summed E-state index contributed by atoms with van der Waals surface area (Å²) in [6, 6.07) is 10.1. The highest BCUT2D eigenvalue weighted by Gasteiger charge is 2.39. The Bertz CT molecular complexity index is 683. The molecule has 7 nitrogen and oxygen atoms in total. The predicted octanol–water partition coefficient (Wildman–Crippen LogP) is 2.95. The Morgan fingerprint density at radius 2 is 1.71 bits per heavy atom. The summed E-state index contributed by atoms with van der Waals surface area (Å²) >= 11 is 0. The first-order valence-electron chi connectivity index (χ1n) is 9.92. The van der Waals surface area contributed by atoms with E-state index in [4.69, 9.17) is 9.47 Å². The first-order chi connectivity index (χ1) is 13.2. The van der Waals surface area contributed by atoms with Crippen molar-refractivity contribution < 1.29 is 19.1 Å². The quantitative estimate of drug-likeness (QED) is 0.795. The van der Waals surface area contributed by atoms with E-state index in [0.717, 1.165) is 18.7 Å². The van der Waals surface area contributed by atoms with Crippen molar-refractivity contribution >= 4 is 12.2 Å². The van der Waals surface area contributed by atoms with E-state index in [1.165, 1.54) is 0 Å². The summed E-state index contributed by atoms with van der Waals surface area (Å²) in [6.07, 6.45) is -0.514. The van der Waals surface area contributed by atoms with Crippen LogP contribution in [0.25, 0.3) is 0 Å². The normalized spacial score (nSPS) is 21.2. The van der Waals surface area contributed by atoms with Crippen LogP contribution >= 0.6 is 0 Å². The number of carbonyl (C=O) groups is 2. The van der Waals surface area contributed by atoms with Crippen LogP contribution in [0.1, 0.15) is 33.3 Å². The third-order valence-electron chi connectivity index (χ3n) is 5.13. The van der Waals surface area contributed by atoms with E-state index in [9.17, 15) is 9.59 Å². The predicted molar refractivity (Wildman–Crippen MR) is 106 cm³/mol. The van der Waals surface area contributed by atoms with E-state index in [1.54, 1.807) is 9.80 Å². The maximum atomic E-state index is 12.3. The number of benzene rings is 1. The van der Waals surface area contributed by atoms with Gasteiger partial charge in [-0.25, -0.2) is 9.59 Å². The van der Waals surface area contributed by atoms with Gasteiger partial charge in [-0.15, -0.1) is 0 Å². The second-order valence-corrected chi connectivity index (χ2v) is 8.62. The number of hydrogen-bond acceptors (Lipinski definition) is 5. The zero-order valence-electron chi connectivity index (χ0n) is 17.3. The monoisotopic (exact) mass is 389 g/mol. The van der Waals surface area contributed by atoms with Crippen LogP contribution in [0.2, 0.25) is 0 Å². The fourth-order valence-corrected chi connectivity index (χ4v) is 3.56. The summed E-state index contributed by atoms with van der Waals surface area (Å²) in [4.78, 5) is 30.4. The molecule has 0 bridgehead atoms. The standard InChI is InChI=1S/C21H31N3O4/c1-16-12-22(10-11-24(16)20(26)28-21(2,3)4)18-13-23(14-18)19(25)27-15-17-8-6-5-7-9-17/h5-9,16,18H,10-15H2,1-4H3/t16-/m0/s1. The molecular weight excluding hydrogens is 358 g/mol. The molecule has 0 aliphatic carbocycles. The smallest absolute Gasteiger partial charge is 0.410 e. The Kier molecular flexibility index (Phi) is 6.13. The minimum absolute atomic E-state index is 0.0858. The van der Waals surface area contributed by atoms with Gasteiger partial charge in [-0.1, -0.05) is 30.3 Å². The number of rotatable bonds is 3. The molecule has 0 saturated carbocycles. The van der Waals surface area contributed by atoms with Gasteiger partial charge in [0.15, 0.2) is 0 Å². The molecule has 2 heterocycles. The second kappa shape index (κ2) is 8.39. The molecule has 7 heteroatoms. The largest absolute Gasteiger partial charge is 0.445 e. The van der Waals surface area contributed by atoms with Crippen molar-refractivity contribution in [3.63, 3.8) is 0 Å². The number of amides is 2. The molecule has 0 radical (unpaired) electrons. The lowest BCUT2D eigenvalue weighted by atomic mass is 10.0. The summed E-state index contributed by atoms with van der Waals surface area (Å²) in [6.45, 7) is 11.6. The molecule has 154 valence electrons. The van der Waals surface area contributed by atoms with Gasteiger partial charge in [0.1, 0.15) is 12.2 Å². The molecule has 1 atom stereocenters. The van der Waals surface area contributed by atoms with E-state index in [-0.39, 0.29) is 18.2 Å². The van der Waals surface area contributed by atoms with Crippen LogP contribution in [0.4, 0.5) is 9.59 Å². The number of hydrogen-bond donors (Lipinski definition) is 0. The Morgan fingerprint density at radius 1 is 1.04 bits per heavy atom. The molecule has 28 heavy (non-hydrogen) atoms. The number of carbonyl (C=O) groups excluding carboxylic acids is 2. The Hall–Kier alpha value is -2.28. The lowest BCUT2D eigenvalue weighted by Gasteiger charge is -2.49. The van der Waals surface area contributed by atoms with Gasteiger partial charge in [-0.3, -0.25) is 4.90 Å². The maximum Gasteiger partial charge on any atom is 0.410 e. The molecule has 0 N–H and O–H groups in total. The van der Waals surface area contributed by atoms with Crippen LogP contribution in [-0.4, -0.2) is 77.3 Å². The molecule has 1 aromatic carbocycles.